The molecule has 2 aromatic carbocycles. The smallest absolute Gasteiger partial charge is 0.0424 e. The third-order valence-electron chi connectivity index (χ3n) is 2.95. The van der Waals surface area contributed by atoms with Crippen molar-refractivity contribution in [1.29, 1.82) is 0 Å². The zero-order valence-electron chi connectivity index (χ0n) is 10.6. The molecule has 0 bridgehead atoms. The van der Waals surface area contributed by atoms with E-state index >= 15 is 0 Å². The van der Waals surface area contributed by atoms with E-state index < -0.39 is 0 Å². The van der Waals surface area contributed by atoms with Crippen molar-refractivity contribution >= 4 is 11.6 Å². The molecule has 0 unspecified atom stereocenters. The first-order valence-electron chi connectivity index (χ1n) is 5.97. The average Bonchev–Trinajstić information content (AvgIpc) is 2.38. The molecule has 0 spiro atoms. The monoisotopic (exact) mass is 254 g/mol. The summed E-state index contributed by atoms with van der Waals surface area (Å²) in [5.41, 5.74) is 4.35. The molecule has 0 amide bonds. The fraction of sp³-hybridized carbons (Fsp3) is 0.176. The van der Waals surface area contributed by atoms with Gasteiger partial charge in [0.05, 0.1) is 0 Å². The van der Waals surface area contributed by atoms with E-state index in [2.05, 4.69) is 44.0 Å². The molecule has 0 heterocycles. The number of terminal acetylenes is 1. The summed E-state index contributed by atoms with van der Waals surface area (Å²) in [7, 11) is 0. The van der Waals surface area contributed by atoms with Crippen molar-refractivity contribution in [2.75, 3.05) is 0 Å². The number of rotatable bonds is 2. The average molecular weight is 255 g/mol. The molecule has 2 aromatic rings. The van der Waals surface area contributed by atoms with Crippen LogP contribution in [0.1, 0.15) is 30.9 Å². The van der Waals surface area contributed by atoms with Crippen LogP contribution in [0.5, 0.6) is 0 Å². The molecule has 0 nitrogen and oxygen atoms in total. The van der Waals surface area contributed by atoms with Gasteiger partial charge in [-0.1, -0.05) is 55.6 Å². The molecular formula is C17H15Cl. The van der Waals surface area contributed by atoms with E-state index in [1.165, 1.54) is 5.56 Å². The topological polar surface area (TPSA) is 0 Å². The summed E-state index contributed by atoms with van der Waals surface area (Å²) in [6, 6.07) is 14.2. The largest absolute Gasteiger partial charge is 0.115 e. The van der Waals surface area contributed by atoms with Crippen LogP contribution in [-0.4, -0.2) is 0 Å². The highest BCUT2D eigenvalue weighted by atomic mass is 35.5. The Hall–Kier alpha value is -1.71. The van der Waals surface area contributed by atoms with E-state index in [-0.39, 0.29) is 0 Å². The zero-order chi connectivity index (χ0) is 13.1. The van der Waals surface area contributed by atoms with Gasteiger partial charge in [0.2, 0.25) is 0 Å². The van der Waals surface area contributed by atoms with Gasteiger partial charge in [0.15, 0.2) is 0 Å². The van der Waals surface area contributed by atoms with Crippen molar-refractivity contribution in [3.8, 4) is 23.5 Å². The summed E-state index contributed by atoms with van der Waals surface area (Å²) < 4.78 is 0. The summed E-state index contributed by atoms with van der Waals surface area (Å²) in [4.78, 5) is 0. The van der Waals surface area contributed by atoms with Crippen molar-refractivity contribution < 1.29 is 0 Å². The third-order valence-corrected chi connectivity index (χ3v) is 3.17. The molecular weight excluding hydrogens is 240 g/mol. The van der Waals surface area contributed by atoms with Crippen molar-refractivity contribution in [3.05, 3.63) is 58.6 Å². The number of hydrogen-bond acceptors (Lipinski definition) is 0. The number of benzene rings is 2. The Morgan fingerprint density at radius 1 is 1.06 bits per heavy atom. The van der Waals surface area contributed by atoms with Gasteiger partial charge in [0.1, 0.15) is 0 Å². The standard InChI is InChI=1S/C17H15Cl/c1-4-13-8-16(11-17(18)9-13)15-7-5-6-14(10-15)12(2)3/h1,5-12H,2-3H3. The zero-order valence-corrected chi connectivity index (χ0v) is 11.3. The van der Waals surface area contributed by atoms with Crippen LogP contribution in [0.2, 0.25) is 5.02 Å². The maximum absolute atomic E-state index is 6.09. The van der Waals surface area contributed by atoms with Gasteiger partial charge < -0.3 is 0 Å². The molecule has 0 aromatic heterocycles. The van der Waals surface area contributed by atoms with E-state index in [0.717, 1.165) is 16.7 Å². The van der Waals surface area contributed by atoms with Crippen LogP contribution in [0.25, 0.3) is 11.1 Å². The molecule has 0 N–H and O–H groups in total. The molecule has 0 saturated carbocycles. The molecule has 0 aliphatic rings. The van der Waals surface area contributed by atoms with Crippen LogP contribution >= 0.6 is 11.6 Å². The summed E-state index contributed by atoms with van der Waals surface area (Å²) in [5, 5.41) is 0.676. The normalized spacial score (nSPS) is 10.4. The SMILES string of the molecule is C#Cc1cc(Cl)cc(-c2cccc(C(C)C)c2)c1. The maximum atomic E-state index is 6.09. The lowest BCUT2D eigenvalue weighted by Crippen LogP contribution is -1.88. The van der Waals surface area contributed by atoms with Gasteiger partial charge in [-0.3, -0.25) is 0 Å². The molecule has 0 saturated heterocycles. The van der Waals surface area contributed by atoms with E-state index in [1.807, 2.05) is 12.1 Å². The molecule has 1 heteroatoms. The Balaban J connectivity index is 2.52. The molecule has 90 valence electrons. The molecule has 0 radical (unpaired) electrons. The quantitative estimate of drug-likeness (QED) is 0.653. The van der Waals surface area contributed by atoms with Crippen LogP contribution in [0.15, 0.2) is 42.5 Å². The summed E-state index contributed by atoms with van der Waals surface area (Å²) >= 11 is 6.09. The van der Waals surface area contributed by atoms with E-state index in [1.54, 1.807) is 6.07 Å². The van der Waals surface area contributed by atoms with Gasteiger partial charge in [0.25, 0.3) is 0 Å². The van der Waals surface area contributed by atoms with Crippen LogP contribution in [0.4, 0.5) is 0 Å². The molecule has 2 rings (SSSR count). The van der Waals surface area contributed by atoms with E-state index in [9.17, 15) is 0 Å². The number of hydrogen-bond donors (Lipinski definition) is 0. The van der Waals surface area contributed by atoms with Crippen molar-refractivity contribution in [3.63, 3.8) is 0 Å². The predicted molar refractivity (Wildman–Crippen MR) is 78.9 cm³/mol. The minimum atomic E-state index is 0.510. The Morgan fingerprint density at radius 2 is 1.83 bits per heavy atom. The highest BCUT2D eigenvalue weighted by molar-refractivity contribution is 6.31. The van der Waals surface area contributed by atoms with E-state index in [0.29, 0.717) is 10.9 Å². The van der Waals surface area contributed by atoms with Gasteiger partial charge in [-0.05, 0) is 40.8 Å². The summed E-state index contributed by atoms with van der Waals surface area (Å²) in [6.45, 7) is 4.37. The molecule has 0 aliphatic carbocycles. The van der Waals surface area contributed by atoms with Crippen LogP contribution in [-0.2, 0) is 0 Å². The first-order chi connectivity index (χ1) is 8.60. The Labute approximate surface area is 114 Å². The van der Waals surface area contributed by atoms with Crippen LogP contribution in [0, 0.1) is 12.3 Å². The Kier molecular flexibility index (Phi) is 3.75. The second-order valence-electron chi connectivity index (χ2n) is 4.65. The van der Waals surface area contributed by atoms with Crippen LogP contribution < -0.4 is 0 Å². The third kappa shape index (κ3) is 2.75. The first-order valence-corrected chi connectivity index (χ1v) is 6.35. The van der Waals surface area contributed by atoms with Gasteiger partial charge in [0, 0.05) is 10.6 Å². The fourth-order valence-corrected chi connectivity index (χ4v) is 2.15. The molecule has 0 atom stereocenters. The Morgan fingerprint density at radius 3 is 2.50 bits per heavy atom. The summed E-state index contributed by atoms with van der Waals surface area (Å²) in [5.74, 6) is 3.14. The maximum Gasteiger partial charge on any atom is 0.0424 e. The lowest BCUT2D eigenvalue weighted by atomic mass is 9.97. The minimum absolute atomic E-state index is 0.510. The first kappa shape index (κ1) is 12.7. The van der Waals surface area contributed by atoms with Gasteiger partial charge in [-0.2, -0.15) is 0 Å². The van der Waals surface area contributed by atoms with Crippen LogP contribution in [0.3, 0.4) is 0 Å². The summed E-state index contributed by atoms with van der Waals surface area (Å²) in [6.07, 6.45) is 5.44. The molecule has 18 heavy (non-hydrogen) atoms. The Bertz CT molecular complexity index is 603. The highest BCUT2D eigenvalue weighted by Gasteiger charge is 2.04. The second-order valence-corrected chi connectivity index (χ2v) is 5.09. The lowest BCUT2D eigenvalue weighted by Gasteiger charge is -2.09. The van der Waals surface area contributed by atoms with Gasteiger partial charge in [-0.25, -0.2) is 0 Å². The van der Waals surface area contributed by atoms with Gasteiger partial charge >= 0.3 is 0 Å². The van der Waals surface area contributed by atoms with Crippen molar-refractivity contribution in [2.24, 2.45) is 0 Å². The van der Waals surface area contributed by atoms with Gasteiger partial charge in [-0.15, -0.1) is 6.42 Å². The highest BCUT2D eigenvalue weighted by Crippen LogP contribution is 2.27. The molecule has 0 fully saturated rings. The minimum Gasteiger partial charge on any atom is -0.115 e. The molecule has 0 aliphatic heterocycles. The van der Waals surface area contributed by atoms with Crippen molar-refractivity contribution in [2.45, 2.75) is 19.8 Å². The fourth-order valence-electron chi connectivity index (χ4n) is 1.92. The second kappa shape index (κ2) is 5.29. The lowest BCUT2D eigenvalue weighted by molar-refractivity contribution is 0.867. The predicted octanol–water partition coefficient (Wildman–Crippen LogP) is 5.11. The van der Waals surface area contributed by atoms with Crippen molar-refractivity contribution in [1.82, 2.24) is 0 Å². The number of halogens is 1. The van der Waals surface area contributed by atoms with E-state index in [4.69, 9.17) is 18.0 Å².